The van der Waals surface area contributed by atoms with Crippen LogP contribution in [0.3, 0.4) is 0 Å². The van der Waals surface area contributed by atoms with E-state index in [1.54, 1.807) is 25.1 Å². The first-order valence-electron chi connectivity index (χ1n) is 12.0. The van der Waals surface area contributed by atoms with Crippen molar-refractivity contribution in [3.05, 3.63) is 65.3 Å². The maximum absolute atomic E-state index is 13.7. The fourth-order valence-electron chi connectivity index (χ4n) is 5.69. The molecule has 1 spiro atoms. The summed E-state index contributed by atoms with van der Waals surface area (Å²) in [6, 6.07) is 6.73. The maximum atomic E-state index is 13.7. The van der Waals surface area contributed by atoms with Crippen LogP contribution < -0.4 is 5.32 Å². The van der Waals surface area contributed by atoms with Gasteiger partial charge in [-0.15, -0.1) is 0 Å². The fourth-order valence-corrected chi connectivity index (χ4v) is 5.69. The Hall–Kier alpha value is -3.15. The van der Waals surface area contributed by atoms with Gasteiger partial charge in [0.2, 0.25) is 5.60 Å². The third-order valence-corrected chi connectivity index (χ3v) is 7.71. The van der Waals surface area contributed by atoms with Crippen molar-refractivity contribution in [2.24, 2.45) is 23.7 Å². The topological polar surface area (TPSA) is 92.7 Å². The van der Waals surface area contributed by atoms with Crippen LogP contribution in [0.25, 0.3) is 0 Å². The molecule has 0 aromatic heterocycles. The molecule has 6 nitrogen and oxygen atoms in total. The zero-order valence-electron chi connectivity index (χ0n) is 20.2. The maximum Gasteiger partial charge on any atom is 0.310 e. The van der Waals surface area contributed by atoms with Gasteiger partial charge in [-0.3, -0.25) is 14.4 Å². The highest BCUT2D eigenvalue weighted by Gasteiger charge is 2.64. The van der Waals surface area contributed by atoms with E-state index in [4.69, 9.17) is 4.74 Å². The molecule has 6 atom stereocenters. The average molecular weight is 464 g/mol. The minimum Gasteiger partial charge on any atom is -0.508 e. The number of phenols is 1. The summed E-state index contributed by atoms with van der Waals surface area (Å²) in [5, 5.41) is 12.8. The molecule has 180 valence electrons. The molecule has 0 saturated carbocycles. The standard InChI is InChI=1S/C28H33NO5/c1-16-6-5-7-21-14-18(3)19(4)25-23(15-20-9-11-22(30)12-10-20)29-27(33)28(21,25)34-24(31)13-8-17(2)26(16)32/h5,7-12,14,16,19,21,23,25,30H,6,13,15H2,1-4H3,(H,29,33)/t16-,19+,21-,23-,25-,28+/m0/s1. The van der Waals surface area contributed by atoms with Gasteiger partial charge in [-0.2, -0.15) is 0 Å². The van der Waals surface area contributed by atoms with Gasteiger partial charge in [-0.25, -0.2) is 0 Å². The summed E-state index contributed by atoms with van der Waals surface area (Å²) in [4.78, 5) is 39.3. The van der Waals surface area contributed by atoms with Crippen molar-refractivity contribution in [2.45, 2.75) is 58.6 Å². The first-order chi connectivity index (χ1) is 16.1. The number of hydrogen-bond donors (Lipinski definition) is 2. The van der Waals surface area contributed by atoms with Crippen LogP contribution in [0.1, 0.15) is 46.1 Å². The number of phenolic OH excluding ortho intramolecular Hbond substituents is 1. The molecule has 34 heavy (non-hydrogen) atoms. The highest BCUT2D eigenvalue weighted by molar-refractivity contribution is 5.97. The van der Waals surface area contributed by atoms with Crippen LogP contribution in [0, 0.1) is 23.7 Å². The van der Waals surface area contributed by atoms with E-state index in [0.717, 1.165) is 11.1 Å². The lowest BCUT2D eigenvalue weighted by Crippen LogP contribution is -2.56. The van der Waals surface area contributed by atoms with Crippen LogP contribution in [0.4, 0.5) is 0 Å². The summed E-state index contributed by atoms with van der Waals surface area (Å²) in [5.74, 6) is -1.45. The predicted molar refractivity (Wildman–Crippen MR) is 129 cm³/mol. The van der Waals surface area contributed by atoms with Gasteiger partial charge in [0.15, 0.2) is 5.78 Å². The number of aromatic hydroxyl groups is 1. The summed E-state index contributed by atoms with van der Waals surface area (Å²) < 4.78 is 6.12. The number of benzene rings is 1. The molecule has 2 aliphatic heterocycles. The van der Waals surface area contributed by atoms with E-state index in [2.05, 4.69) is 19.2 Å². The minimum absolute atomic E-state index is 0.0159. The van der Waals surface area contributed by atoms with Gasteiger partial charge in [0.1, 0.15) is 5.75 Å². The molecule has 0 unspecified atom stereocenters. The average Bonchev–Trinajstić information content (AvgIpc) is 3.07. The molecule has 4 rings (SSSR count). The molecule has 1 aromatic carbocycles. The summed E-state index contributed by atoms with van der Waals surface area (Å²) in [6.45, 7) is 7.74. The number of carbonyl (C=O) groups is 3. The second-order valence-electron chi connectivity index (χ2n) is 9.99. The quantitative estimate of drug-likeness (QED) is 0.510. The van der Waals surface area contributed by atoms with Crippen molar-refractivity contribution in [1.29, 1.82) is 0 Å². The van der Waals surface area contributed by atoms with E-state index in [0.29, 0.717) is 18.4 Å². The van der Waals surface area contributed by atoms with E-state index in [-0.39, 0.29) is 47.7 Å². The number of carbonyl (C=O) groups excluding carboxylic acids is 3. The van der Waals surface area contributed by atoms with Crippen LogP contribution in [0.2, 0.25) is 0 Å². The number of nitrogens with one attached hydrogen (secondary N) is 1. The SMILES string of the molecule is CC1=CCC(=O)O[C@@]23C(=O)N[C@@H](Cc4ccc(O)cc4)[C@@H]2[C@H](C)C(C)=C[C@@H]3C=CC[C@H](C)C1=O. The first kappa shape index (κ1) is 24.0. The highest BCUT2D eigenvalue weighted by atomic mass is 16.6. The molecule has 3 aliphatic rings. The van der Waals surface area contributed by atoms with Gasteiger partial charge in [0.05, 0.1) is 6.42 Å². The molecule has 1 aromatic rings. The molecule has 0 bridgehead atoms. The summed E-state index contributed by atoms with van der Waals surface area (Å²) in [7, 11) is 0. The Bertz CT molecular complexity index is 1080. The van der Waals surface area contributed by atoms with Crippen LogP contribution >= 0.6 is 0 Å². The molecule has 1 amide bonds. The largest absolute Gasteiger partial charge is 0.508 e. The van der Waals surface area contributed by atoms with Gasteiger partial charge in [-0.1, -0.05) is 55.9 Å². The number of esters is 1. The van der Waals surface area contributed by atoms with Crippen molar-refractivity contribution < 1.29 is 24.2 Å². The number of Topliss-reactive ketones (excluding diaryl/α,β-unsaturated/α-hetero) is 1. The molecule has 1 fully saturated rings. The highest BCUT2D eigenvalue weighted by Crippen LogP contribution is 2.50. The van der Waals surface area contributed by atoms with Gasteiger partial charge in [-0.05, 0) is 55.9 Å². The second-order valence-corrected chi connectivity index (χ2v) is 9.99. The van der Waals surface area contributed by atoms with E-state index >= 15 is 0 Å². The third-order valence-electron chi connectivity index (χ3n) is 7.71. The van der Waals surface area contributed by atoms with Crippen LogP contribution in [-0.4, -0.2) is 34.4 Å². The molecule has 1 aliphatic carbocycles. The minimum atomic E-state index is -1.34. The zero-order valence-corrected chi connectivity index (χ0v) is 20.2. The fraction of sp³-hybridized carbons (Fsp3) is 0.464. The normalized spacial score (nSPS) is 34.0. The zero-order chi connectivity index (χ0) is 24.6. The van der Waals surface area contributed by atoms with Crippen molar-refractivity contribution in [1.82, 2.24) is 5.32 Å². The van der Waals surface area contributed by atoms with Crippen LogP contribution in [0.5, 0.6) is 5.75 Å². The van der Waals surface area contributed by atoms with E-state index < -0.39 is 17.5 Å². The lowest BCUT2D eigenvalue weighted by Gasteiger charge is -2.44. The van der Waals surface area contributed by atoms with E-state index in [1.165, 1.54) is 0 Å². The monoisotopic (exact) mass is 463 g/mol. The number of allylic oxidation sites excluding steroid dienone is 3. The molecule has 2 N–H and O–H groups in total. The van der Waals surface area contributed by atoms with Crippen molar-refractivity contribution >= 4 is 17.7 Å². The summed E-state index contributed by atoms with van der Waals surface area (Å²) in [5.41, 5.74) is 1.32. The Labute approximate surface area is 200 Å². The molecule has 6 heteroatoms. The number of ketones is 1. The smallest absolute Gasteiger partial charge is 0.310 e. The third kappa shape index (κ3) is 4.22. The Balaban J connectivity index is 1.77. The molecule has 0 radical (unpaired) electrons. The lowest BCUT2D eigenvalue weighted by molar-refractivity contribution is -0.176. The predicted octanol–water partition coefficient (Wildman–Crippen LogP) is 4.05. The second kappa shape index (κ2) is 9.24. The number of amides is 1. The molecule has 1 saturated heterocycles. The molecular formula is C28H33NO5. The van der Waals surface area contributed by atoms with Crippen molar-refractivity contribution in [3.63, 3.8) is 0 Å². The van der Waals surface area contributed by atoms with Gasteiger partial charge >= 0.3 is 5.97 Å². The van der Waals surface area contributed by atoms with Crippen molar-refractivity contribution in [2.75, 3.05) is 0 Å². The Morgan fingerprint density at radius 1 is 1.12 bits per heavy atom. The Morgan fingerprint density at radius 3 is 2.53 bits per heavy atom. The van der Waals surface area contributed by atoms with Crippen molar-refractivity contribution in [3.8, 4) is 5.75 Å². The Kier molecular flexibility index (Phi) is 6.52. The van der Waals surface area contributed by atoms with Gasteiger partial charge in [0.25, 0.3) is 5.91 Å². The summed E-state index contributed by atoms with van der Waals surface area (Å²) in [6.07, 6.45) is 8.58. The number of hydrogen-bond acceptors (Lipinski definition) is 5. The molecule has 2 heterocycles. The van der Waals surface area contributed by atoms with Crippen LogP contribution in [-0.2, 0) is 25.5 Å². The lowest BCUT2D eigenvalue weighted by atomic mass is 9.63. The van der Waals surface area contributed by atoms with Gasteiger partial charge < -0.3 is 15.2 Å². The molecular weight excluding hydrogens is 430 g/mol. The van der Waals surface area contributed by atoms with Crippen LogP contribution in [0.15, 0.2) is 59.7 Å². The van der Waals surface area contributed by atoms with Gasteiger partial charge in [0, 0.05) is 23.8 Å². The Morgan fingerprint density at radius 2 is 1.82 bits per heavy atom. The van der Waals surface area contributed by atoms with E-state index in [9.17, 15) is 19.5 Å². The number of ether oxygens (including phenoxy) is 1. The number of rotatable bonds is 2. The first-order valence-corrected chi connectivity index (χ1v) is 12.0. The summed E-state index contributed by atoms with van der Waals surface area (Å²) >= 11 is 0. The van der Waals surface area contributed by atoms with E-state index in [1.807, 2.05) is 37.3 Å².